The van der Waals surface area contributed by atoms with Crippen molar-refractivity contribution >= 4 is 0 Å². The summed E-state index contributed by atoms with van der Waals surface area (Å²) in [6, 6.07) is 1.40. The fourth-order valence-corrected chi connectivity index (χ4v) is 5.98. The van der Waals surface area contributed by atoms with E-state index < -0.39 is 0 Å². The summed E-state index contributed by atoms with van der Waals surface area (Å²) in [5, 5.41) is 4.02. The minimum atomic E-state index is 0.340. The molecule has 4 fully saturated rings. The molecule has 7 atom stereocenters. The fraction of sp³-hybridized carbons (Fsp3) is 1.00. The van der Waals surface area contributed by atoms with Crippen molar-refractivity contribution in [3.8, 4) is 0 Å². The van der Waals surface area contributed by atoms with Crippen LogP contribution in [-0.2, 0) is 4.74 Å². The zero-order valence-corrected chi connectivity index (χ0v) is 12.7. The zero-order chi connectivity index (χ0) is 13.2. The van der Waals surface area contributed by atoms with Gasteiger partial charge in [0.1, 0.15) is 0 Å². The first-order valence-corrected chi connectivity index (χ1v) is 8.45. The van der Waals surface area contributed by atoms with Crippen LogP contribution < -0.4 is 5.32 Å². The zero-order valence-electron chi connectivity index (χ0n) is 12.7. The van der Waals surface area contributed by atoms with Crippen molar-refractivity contribution in [2.45, 2.75) is 71.1 Å². The van der Waals surface area contributed by atoms with Crippen molar-refractivity contribution in [1.82, 2.24) is 5.32 Å². The standard InChI is InChI=1S/C17H29NO/c1-10(14-9-11-4-5-12(14)8-11)18-15-13-6-7-19-16(13)17(15,2)3/h10-16,18H,4-9H2,1-3H3. The van der Waals surface area contributed by atoms with Gasteiger partial charge >= 0.3 is 0 Å². The van der Waals surface area contributed by atoms with Crippen molar-refractivity contribution in [3.05, 3.63) is 0 Å². The van der Waals surface area contributed by atoms with E-state index in [1.807, 2.05) is 0 Å². The number of hydrogen-bond acceptors (Lipinski definition) is 2. The molecule has 0 aromatic heterocycles. The van der Waals surface area contributed by atoms with Crippen molar-refractivity contribution in [1.29, 1.82) is 0 Å². The lowest BCUT2D eigenvalue weighted by molar-refractivity contribution is -0.117. The summed E-state index contributed by atoms with van der Waals surface area (Å²) in [6.07, 6.45) is 7.84. The molecule has 2 heteroatoms. The normalized spacial score (nSPS) is 51.9. The van der Waals surface area contributed by atoms with Crippen molar-refractivity contribution < 1.29 is 4.74 Å². The Bertz CT molecular complexity index is 366. The molecular formula is C17H29NO. The van der Waals surface area contributed by atoms with Gasteiger partial charge in [-0.05, 0) is 50.4 Å². The molecular weight excluding hydrogens is 234 g/mol. The van der Waals surface area contributed by atoms with Gasteiger partial charge in [0.25, 0.3) is 0 Å². The van der Waals surface area contributed by atoms with Crippen molar-refractivity contribution in [3.63, 3.8) is 0 Å². The molecule has 7 unspecified atom stereocenters. The van der Waals surface area contributed by atoms with Crippen LogP contribution in [0.3, 0.4) is 0 Å². The molecule has 1 N–H and O–H groups in total. The van der Waals surface area contributed by atoms with Gasteiger partial charge in [-0.2, -0.15) is 0 Å². The van der Waals surface area contributed by atoms with Crippen LogP contribution in [0, 0.1) is 29.1 Å². The molecule has 0 aromatic carbocycles. The van der Waals surface area contributed by atoms with Gasteiger partial charge < -0.3 is 10.1 Å². The number of nitrogens with one attached hydrogen (secondary N) is 1. The highest BCUT2D eigenvalue weighted by atomic mass is 16.5. The highest BCUT2D eigenvalue weighted by molar-refractivity contribution is 5.12. The van der Waals surface area contributed by atoms with Crippen molar-refractivity contribution in [2.24, 2.45) is 29.1 Å². The first-order valence-electron chi connectivity index (χ1n) is 8.45. The average molecular weight is 263 g/mol. The smallest absolute Gasteiger partial charge is 0.0685 e. The second kappa shape index (κ2) is 4.21. The fourth-order valence-electron chi connectivity index (χ4n) is 5.98. The van der Waals surface area contributed by atoms with E-state index >= 15 is 0 Å². The van der Waals surface area contributed by atoms with E-state index in [-0.39, 0.29) is 0 Å². The lowest BCUT2D eigenvalue weighted by Gasteiger charge is -2.56. The van der Waals surface area contributed by atoms with Crippen LogP contribution in [0.4, 0.5) is 0 Å². The molecule has 0 radical (unpaired) electrons. The maximum absolute atomic E-state index is 5.91. The lowest BCUT2D eigenvalue weighted by atomic mass is 9.57. The van der Waals surface area contributed by atoms with E-state index in [1.165, 1.54) is 32.1 Å². The summed E-state index contributed by atoms with van der Waals surface area (Å²) < 4.78 is 5.91. The summed E-state index contributed by atoms with van der Waals surface area (Å²) in [4.78, 5) is 0. The molecule has 3 aliphatic carbocycles. The third-order valence-corrected chi connectivity index (χ3v) is 6.98. The number of fused-ring (bicyclic) bond motifs is 3. The van der Waals surface area contributed by atoms with Crippen LogP contribution in [0.15, 0.2) is 0 Å². The summed E-state index contributed by atoms with van der Waals surface area (Å²) in [7, 11) is 0. The third kappa shape index (κ3) is 1.75. The minimum Gasteiger partial charge on any atom is -0.377 e. The molecule has 2 nitrogen and oxygen atoms in total. The van der Waals surface area contributed by atoms with Gasteiger partial charge in [-0.25, -0.2) is 0 Å². The summed E-state index contributed by atoms with van der Waals surface area (Å²) in [5.74, 6) is 3.84. The monoisotopic (exact) mass is 263 g/mol. The van der Waals surface area contributed by atoms with Gasteiger partial charge in [-0.15, -0.1) is 0 Å². The first-order chi connectivity index (χ1) is 9.07. The maximum Gasteiger partial charge on any atom is 0.0685 e. The SMILES string of the molecule is CC(NC1C2CCOC2C1(C)C)C1CC2CCC1C2. The Balaban J connectivity index is 1.41. The van der Waals surface area contributed by atoms with E-state index in [4.69, 9.17) is 4.74 Å². The van der Waals surface area contributed by atoms with Crippen LogP contribution in [0.5, 0.6) is 0 Å². The Kier molecular flexibility index (Phi) is 2.80. The first kappa shape index (κ1) is 12.6. The van der Waals surface area contributed by atoms with E-state index in [2.05, 4.69) is 26.1 Å². The minimum absolute atomic E-state index is 0.340. The largest absolute Gasteiger partial charge is 0.377 e. The van der Waals surface area contributed by atoms with Crippen LogP contribution in [0.1, 0.15) is 52.9 Å². The van der Waals surface area contributed by atoms with Gasteiger partial charge in [-0.1, -0.05) is 20.3 Å². The highest BCUT2D eigenvalue weighted by Crippen LogP contribution is 2.54. The van der Waals surface area contributed by atoms with Gasteiger partial charge in [0.05, 0.1) is 6.10 Å². The van der Waals surface area contributed by atoms with Gasteiger partial charge in [0.15, 0.2) is 0 Å². The maximum atomic E-state index is 5.91. The van der Waals surface area contributed by atoms with E-state index in [0.717, 1.165) is 30.3 Å². The van der Waals surface area contributed by atoms with E-state index in [9.17, 15) is 0 Å². The molecule has 0 amide bonds. The summed E-state index contributed by atoms with van der Waals surface area (Å²) in [5.41, 5.74) is 0.340. The molecule has 3 saturated carbocycles. The van der Waals surface area contributed by atoms with Crippen LogP contribution in [0.2, 0.25) is 0 Å². The van der Waals surface area contributed by atoms with Gasteiger partial charge in [0.2, 0.25) is 0 Å². The molecule has 4 rings (SSSR count). The molecule has 1 saturated heterocycles. The second-order valence-corrected chi connectivity index (χ2v) is 8.34. The van der Waals surface area contributed by atoms with Crippen LogP contribution in [0.25, 0.3) is 0 Å². The Labute approximate surface area is 117 Å². The number of rotatable bonds is 3. The third-order valence-electron chi connectivity index (χ3n) is 6.98. The Morgan fingerprint density at radius 3 is 2.68 bits per heavy atom. The lowest BCUT2D eigenvalue weighted by Crippen LogP contribution is -2.67. The molecule has 4 aliphatic rings. The summed E-state index contributed by atoms with van der Waals surface area (Å²) >= 11 is 0. The quantitative estimate of drug-likeness (QED) is 0.844. The van der Waals surface area contributed by atoms with Crippen molar-refractivity contribution in [2.75, 3.05) is 6.61 Å². The second-order valence-electron chi connectivity index (χ2n) is 8.34. The Hall–Kier alpha value is -0.0800. The molecule has 1 aliphatic heterocycles. The number of ether oxygens (including phenoxy) is 1. The Morgan fingerprint density at radius 2 is 2.00 bits per heavy atom. The molecule has 19 heavy (non-hydrogen) atoms. The molecule has 108 valence electrons. The average Bonchev–Trinajstić information content (AvgIpc) is 3.09. The topological polar surface area (TPSA) is 21.3 Å². The molecule has 1 heterocycles. The highest BCUT2D eigenvalue weighted by Gasteiger charge is 2.59. The van der Waals surface area contributed by atoms with Gasteiger partial charge in [0, 0.05) is 30.0 Å². The predicted octanol–water partition coefficient (Wildman–Crippen LogP) is 3.21. The molecule has 0 spiro atoms. The molecule has 0 aromatic rings. The molecule has 2 bridgehead atoms. The van der Waals surface area contributed by atoms with Crippen LogP contribution in [-0.4, -0.2) is 24.8 Å². The van der Waals surface area contributed by atoms with E-state index in [1.54, 1.807) is 0 Å². The Morgan fingerprint density at radius 1 is 1.16 bits per heavy atom. The summed E-state index contributed by atoms with van der Waals surface area (Å²) in [6.45, 7) is 8.22. The van der Waals surface area contributed by atoms with E-state index in [0.29, 0.717) is 23.6 Å². The number of hydrogen-bond donors (Lipinski definition) is 1. The predicted molar refractivity (Wildman–Crippen MR) is 77.0 cm³/mol. The van der Waals surface area contributed by atoms with Crippen LogP contribution >= 0.6 is 0 Å². The van der Waals surface area contributed by atoms with Gasteiger partial charge in [-0.3, -0.25) is 0 Å².